The standard InChI is InChI=1S/C3H5NO2/c1-2-3-4(5)6/h2-3H,1H3/b3-2-. The molecule has 0 bridgehead atoms. The predicted octanol–water partition coefficient (Wildman–Crippen LogP) is 0.797. The van der Waals surface area contributed by atoms with Crippen molar-refractivity contribution in [3.8, 4) is 0 Å². The van der Waals surface area contributed by atoms with Gasteiger partial charge in [-0.2, -0.15) is 0 Å². The molecule has 0 saturated carbocycles. The van der Waals surface area contributed by atoms with Crippen LogP contribution in [0.2, 0.25) is 0 Å². The van der Waals surface area contributed by atoms with E-state index in [0.717, 1.165) is 6.20 Å². The van der Waals surface area contributed by atoms with Crippen LogP contribution in [0.25, 0.3) is 0 Å². The lowest BCUT2D eigenvalue weighted by molar-refractivity contribution is -0.402. The highest BCUT2D eigenvalue weighted by atomic mass is 16.6. The van der Waals surface area contributed by atoms with Crippen LogP contribution in [-0.4, -0.2) is 4.92 Å². The summed E-state index contributed by atoms with van der Waals surface area (Å²) < 4.78 is 0. The minimum atomic E-state index is -0.500. The third-order valence-electron chi connectivity index (χ3n) is 0.271. The molecule has 0 saturated heterocycles. The van der Waals surface area contributed by atoms with Gasteiger partial charge in [-0.3, -0.25) is 10.1 Å². The summed E-state index contributed by atoms with van der Waals surface area (Å²) in [6.07, 6.45) is 2.26. The van der Waals surface area contributed by atoms with E-state index < -0.39 is 4.92 Å². The van der Waals surface area contributed by atoms with Crippen molar-refractivity contribution in [3.63, 3.8) is 0 Å². The molecule has 0 spiro atoms. The molecule has 0 aromatic carbocycles. The third kappa shape index (κ3) is 3.14. The second kappa shape index (κ2) is 2.38. The molecule has 0 aliphatic carbocycles. The Morgan fingerprint density at radius 2 is 2.33 bits per heavy atom. The summed E-state index contributed by atoms with van der Waals surface area (Å²) in [5.41, 5.74) is 0. The SMILES string of the molecule is C/C=C\[N+](=O)[O-]. The first-order valence-corrected chi connectivity index (χ1v) is 1.53. The lowest BCUT2D eigenvalue weighted by Gasteiger charge is -1.69. The molecule has 0 amide bonds. The van der Waals surface area contributed by atoms with Gasteiger partial charge in [-0.1, -0.05) is 0 Å². The van der Waals surface area contributed by atoms with E-state index in [-0.39, 0.29) is 0 Å². The largest absolute Gasteiger partial charge is 0.259 e. The molecule has 0 aromatic rings. The van der Waals surface area contributed by atoms with Crippen LogP contribution in [0.5, 0.6) is 0 Å². The van der Waals surface area contributed by atoms with Crippen molar-refractivity contribution in [2.75, 3.05) is 0 Å². The number of nitrogens with zero attached hydrogens (tertiary/aromatic N) is 1. The van der Waals surface area contributed by atoms with Gasteiger partial charge in [0.2, 0.25) is 6.20 Å². The van der Waals surface area contributed by atoms with Gasteiger partial charge in [0.15, 0.2) is 0 Å². The first-order chi connectivity index (χ1) is 2.77. The highest BCUT2D eigenvalue weighted by molar-refractivity contribution is 4.62. The smallest absolute Gasteiger partial charge is 0.230 e. The van der Waals surface area contributed by atoms with Crippen molar-refractivity contribution < 1.29 is 4.92 Å². The first-order valence-electron chi connectivity index (χ1n) is 1.53. The molecule has 0 radical (unpaired) electrons. The molecular formula is C3H5NO2. The van der Waals surface area contributed by atoms with Gasteiger partial charge < -0.3 is 0 Å². The van der Waals surface area contributed by atoms with Crippen LogP contribution in [-0.2, 0) is 0 Å². The molecular weight excluding hydrogens is 82.0 g/mol. The topological polar surface area (TPSA) is 43.1 Å². The van der Waals surface area contributed by atoms with E-state index in [9.17, 15) is 10.1 Å². The van der Waals surface area contributed by atoms with Gasteiger partial charge in [0.1, 0.15) is 0 Å². The maximum absolute atomic E-state index is 9.32. The molecule has 0 unspecified atom stereocenters. The Hall–Kier alpha value is -0.860. The molecule has 0 heterocycles. The van der Waals surface area contributed by atoms with E-state index in [1.807, 2.05) is 0 Å². The molecule has 3 heteroatoms. The summed E-state index contributed by atoms with van der Waals surface area (Å²) in [7, 11) is 0. The summed E-state index contributed by atoms with van der Waals surface area (Å²) in [5, 5.41) is 9.32. The molecule has 0 rings (SSSR count). The fourth-order valence-electron chi connectivity index (χ4n) is 0.122. The van der Waals surface area contributed by atoms with Crippen LogP contribution in [0.3, 0.4) is 0 Å². The normalized spacial score (nSPS) is 9.50. The molecule has 0 fully saturated rings. The summed E-state index contributed by atoms with van der Waals surface area (Å²) in [6.45, 7) is 1.60. The van der Waals surface area contributed by atoms with Crippen LogP contribution in [0.15, 0.2) is 12.3 Å². The van der Waals surface area contributed by atoms with Crippen LogP contribution in [0.4, 0.5) is 0 Å². The van der Waals surface area contributed by atoms with Gasteiger partial charge in [0.05, 0.1) is 4.92 Å². The van der Waals surface area contributed by atoms with Gasteiger partial charge in [-0.15, -0.1) is 0 Å². The Morgan fingerprint density at radius 3 is 2.33 bits per heavy atom. The van der Waals surface area contributed by atoms with E-state index in [4.69, 9.17) is 0 Å². The molecule has 0 aliphatic heterocycles. The van der Waals surface area contributed by atoms with E-state index in [1.54, 1.807) is 6.92 Å². The number of rotatable bonds is 1. The highest BCUT2D eigenvalue weighted by Crippen LogP contribution is 1.67. The van der Waals surface area contributed by atoms with E-state index >= 15 is 0 Å². The highest BCUT2D eigenvalue weighted by Gasteiger charge is 1.73. The third-order valence-corrected chi connectivity index (χ3v) is 0.271. The van der Waals surface area contributed by atoms with E-state index in [1.165, 1.54) is 6.08 Å². The number of hydrogen-bond acceptors (Lipinski definition) is 2. The molecule has 0 atom stereocenters. The van der Waals surface area contributed by atoms with Crippen molar-refractivity contribution in [2.24, 2.45) is 0 Å². The fourth-order valence-corrected chi connectivity index (χ4v) is 0.122. The predicted molar refractivity (Wildman–Crippen MR) is 21.8 cm³/mol. The quantitative estimate of drug-likeness (QED) is 0.350. The van der Waals surface area contributed by atoms with Crippen LogP contribution in [0, 0.1) is 10.1 Å². The molecule has 0 aliphatic rings. The molecule has 3 nitrogen and oxygen atoms in total. The molecule has 6 heavy (non-hydrogen) atoms. The zero-order valence-electron chi connectivity index (χ0n) is 3.42. The van der Waals surface area contributed by atoms with Crippen molar-refractivity contribution >= 4 is 0 Å². The van der Waals surface area contributed by atoms with Crippen molar-refractivity contribution in [3.05, 3.63) is 22.4 Å². The Labute approximate surface area is 35.4 Å². The molecule has 0 N–H and O–H groups in total. The second-order valence-corrected chi connectivity index (χ2v) is 0.768. The summed E-state index contributed by atoms with van der Waals surface area (Å²) in [5.74, 6) is 0. The molecule has 0 aromatic heterocycles. The average molecular weight is 87.1 g/mol. The zero-order valence-corrected chi connectivity index (χ0v) is 3.42. The minimum absolute atomic E-state index is 0.500. The Balaban J connectivity index is 3.30. The minimum Gasteiger partial charge on any atom is -0.259 e. The maximum atomic E-state index is 9.32. The zero-order chi connectivity index (χ0) is 4.99. The van der Waals surface area contributed by atoms with Crippen molar-refractivity contribution in [1.29, 1.82) is 0 Å². The number of hydrogen-bond donors (Lipinski definition) is 0. The summed E-state index contributed by atoms with van der Waals surface area (Å²) in [4.78, 5) is 8.82. The van der Waals surface area contributed by atoms with Gasteiger partial charge in [0.25, 0.3) is 0 Å². The van der Waals surface area contributed by atoms with Gasteiger partial charge in [0, 0.05) is 0 Å². The lowest BCUT2D eigenvalue weighted by Crippen LogP contribution is -1.79. The lowest BCUT2D eigenvalue weighted by atomic mass is 10.7. The van der Waals surface area contributed by atoms with Gasteiger partial charge >= 0.3 is 0 Å². The summed E-state index contributed by atoms with van der Waals surface area (Å²) >= 11 is 0. The monoisotopic (exact) mass is 87.0 g/mol. The Bertz CT molecular complexity index is 76.9. The first kappa shape index (κ1) is 5.14. The Kier molecular flexibility index (Phi) is 2.04. The van der Waals surface area contributed by atoms with Crippen molar-refractivity contribution in [1.82, 2.24) is 0 Å². The van der Waals surface area contributed by atoms with Gasteiger partial charge in [-0.25, -0.2) is 0 Å². The van der Waals surface area contributed by atoms with Crippen LogP contribution >= 0.6 is 0 Å². The number of allylic oxidation sites excluding steroid dienone is 1. The second-order valence-electron chi connectivity index (χ2n) is 0.768. The van der Waals surface area contributed by atoms with E-state index in [0.29, 0.717) is 0 Å². The maximum Gasteiger partial charge on any atom is 0.230 e. The van der Waals surface area contributed by atoms with Crippen molar-refractivity contribution in [2.45, 2.75) is 6.92 Å². The fraction of sp³-hybridized carbons (Fsp3) is 0.333. The average Bonchev–Trinajstić information content (AvgIpc) is 1.35. The number of nitro groups is 1. The summed E-state index contributed by atoms with van der Waals surface area (Å²) in [6, 6.07) is 0. The Morgan fingerprint density at radius 1 is 1.83 bits per heavy atom. The molecule has 34 valence electrons. The van der Waals surface area contributed by atoms with Crippen LogP contribution in [0.1, 0.15) is 6.92 Å². The van der Waals surface area contributed by atoms with Crippen LogP contribution < -0.4 is 0 Å². The van der Waals surface area contributed by atoms with Gasteiger partial charge in [-0.05, 0) is 13.0 Å². The van der Waals surface area contributed by atoms with E-state index in [2.05, 4.69) is 0 Å².